The highest BCUT2D eigenvalue weighted by Crippen LogP contribution is 2.23. The molecule has 108 valence electrons. The Bertz CT molecular complexity index is 196. The van der Waals surface area contributed by atoms with Crippen molar-refractivity contribution in [1.29, 1.82) is 0 Å². The summed E-state index contributed by atoms with van der Waals surface area (Å²) in [6, 6.07) is 0. The molecular formula is C15H30O3. The van der Waals surface area contributed by atoms with Crippen LogP contribution in [0.1, 0.15) is 71.1 Å². The van der Waals surface area contributed by atoms with E-state index in [0.29, 0.717) is 6.42 Å². The predicted molar refractivity (Wildman–Crippen MR) is 73.6 cm³/mol. The van der Waals surface area contributed by atoms with E-state index in [2.05, 4.69) is 6.92 Å². The lowest BCUT2D eigenvalue weighted by Crippen LogP contribution is -2.37. The van der Waals surface area contributed by atoms with Crippen molar-refractivity contribution in [3.8, 4) is 0 Å². The van der Waals surface area contributed by atoms with Crippen molar-refractivity contribution < 1.29 is 14.9 Å². The summed E-state index contributed by atoms with van der Waals surface area (Å²) >= 11 is 0. The predicted octanol–water partition coefficient (Wildman–Crippen LogP) is 3.03. The molecule has 0 aromatic rings. The molecule has 0 unspecified atom stereocenters. The van der Waals surface area contributed by atoms with Crippen LogP contribution in [0.2, 0.25) is 0 Å². The molecule has 2 N–H and O–H groups in total. The molecule has 1 heterocycles. The molecule has 1 rings (SSSR count). The van der Waals surface area contributed by atoms with Crippen LogP contribution in [0.4, 0.5) is 0 Å². The molecule has 0 radical (unpaired) electrons. The second kappa shape index (κ2) is 9.76. The zero-order valence-electron chi connectivity index (χ0n) is 11.8. The van der Waals surface area contributed by atoms with Crippen molar-refractivity contribution in [3.05, 3.63) is 0 Å². The highest BCUT2D eigenvalue weighted by atomic mass is 16.5. The largest absolute Gasteiger partial charge is 0.394 e. The third-order valence-corrected chi connectivity index (χ3v) is 3.79. The Morgan fingerprint density at radius 3 is 2.22 bits per heavy atom. The van der Waals surface area contributed by atoms with Crippen molar-refractivity contribution in [3.63, 3.8) is 0 Å². The van der Waals surface area contributed by atoms with Gasteiger partial charge in [-0.15, -0.1) is 0 Å². The van der Waals surface area contributed by atoms with Crippen molar-refractivity contribution in [2.45, 2.75) is 89.4 Å². The maximum absolute atomic E-state index is 9.69. The summed E-state index contributed by atoms with van der Waals surface area (Å²) in [4.78, 5) is 0. The molecule has 0 aromatic heterocycles. The zero-order valence-corrected chi connectivity index (χ0v) is 11.8. The SMILES string of the molecule is CCCCCCCCC[C@H]1C[C@@H](O)C[C@@H](CO)O1. The monoisotopic (exact) mass is 258 g/mol. The topological polar surface area (TPSA) is 49.7 Å². The standard InChI is InChI=1S/C15H30O3/c1-2-3-4-5-6-7-8-9-14-10-13(17)11-15(12-16)18-14/h13-17H,2-12H2,1H3/t13-,14+,15+/m1/s1. The fraction of sp³-hybridized carbons (Fsp3) is 1.00. The molecule has 3 atom stereocenters. The van der Waals surface area contributed by atoms with Gasteiger partial charge < -0.3 is 14.9 Å². The van der Waals surface area contributed by atoms with Crippen molar-refractivity contribution in [1.82, 2.24) is 0 Å². The van der Waals surface area contributed by atoms with E-state index in [1.165, 1.54) is 44.9 Å². The summed E-state index contributed by atoms with van der Waals surface area (Å²) < 4.78 is 5.74. The minimum atomic E-state index is -0.287. The van der Waals surface area contributed by atoms with E-state index in [9.17, 15) is 5.11 Å². The van der Waals surface area contributed by atoms with E-state index in [1.54, 1.807) is 0 Å². The smallest absolute Gasteiger partial charge is 0.0834 e. The van der Waals surface area contributed by atoms with Crippen molar-refractivity contribution in [2.75, 3.05) is 6.61 Å². The highest BCUT2D eigenvalue weighted by molar-refractivity contribution is 4.76. The van der Waals surface area contributed by atoms with Gasteiger partial charge in [-0.25, -0.2) is 0 Å². The lowest BCUT2D eigenvalue weighted by atomic mass is 9.97. The van der Waals surface area contributed by atoms with Gasteiger partial charge in [0, 0.05) is 6.42 Å². The third kappa shape index (κ3) is 6.72. The minimum Gasteiger partial charge on any atom is -0.394 e. The molecule has 3 nitrogen and oxygen atoms in total. The summed E-state index contributed by atoms with van der Waals surface area (Å²) in [6.45, 7) is 2.27. The number of rotatable bonds is 9. The van der Waals surface area contributed by atoms with Gasteiger partial charge in [0.05, 0.1) is 24.9 Å². The van der Waals surface area contributed by atoms with Gasteiger partial charge in [0.25, 0.3) is 0 Å². The lowest BCUT2D eigenvalue weighted by Gasteiger charge is -2.32. The molecule has 0 amide bonds. The Morgan fingerprint density at radius 1 is 0.944 bits per heavy atom. The van der Waals surface area contributed by atoms with Crippen LogP contribution in [0.5, 0.6) is 0 Å². The first-order valence-electron chi connectivity index (χ1n) is 7.70. The van der Waals surface area contributed by atoms with E-state index in [4.69, 9.17) is 9.84 Å². The Kier molecular flexibility index (Phi) is 8.64. The van der Waals surface area contributed by atoms with Gasteiger partial charge in [-0.1, -0.05) is 51.9 Å². The fourth-order valence-electron chi connectivity index (χ4n) is 2.72. The molecule has 1 aliphatic heterocycles. The van der Waals surface area contributed by atoms with E-state index in [1.807, 2.05) is 0 Å². The summed E-state index contributed by atoms with van der Waals surface area (Å²) in [5.74, 6) is 0. The number of hydrogen-bond acceptors (Lipinski definition) is 3. The van der Waals surface area contributed by atoms with Crippen LogP contribution in [0.15, 0.2) is 0 Å². The van der Waals surface area contributed by atoms with Crippen LogP contribution in [0.3, 0.4) is 0 Å². The Labute approximate surface area is 112 Å². The molecule has 0 spiro atoms. The third-order valence-electron chi connectivity index (χ3n) is 3.79. The van der Waals surface area contributed by atoms with Crippen LogP contribution in [0.25, 0.3) is 0 Å². The molecule has 0 aliphatic carbocycles. The second-order valence-corrected chi connectivity index (χ2v) is 5.60. The number of aliphatic hydroxyl groups excluding tert-OH is 2. The summed E-state index contributed by atoms with van der Waals surface area (Å²) in [5, 5.41) is 18.8. The first-order valence-corrected chi connectivity index (χ1v) is 7.70. The van der Waals surface area contributed by atoms with Crippen molar-refractivity contribution >= 4 is 0 Å². The lowest BCUT2D eigenvalue weighted by molar-refractivity contribution is -0.114. The summed E-state index contributed by atoms with van der Waals surface area (Å²) in [7, 11) is 0. The number of ether oxygens (including phenoxy) is 1. The quantitative estimate of drug-likeness (QED) is 0.625. The average molecular weight is 258 g/mol. The molecule has 1 aliphatic rings. The summed E-state index contributed by atoms with van der Waals surface area (Å²) in [5.41, 5.74) is 0. The molecule has 3 heteroatoms. The molecule has 1 fully saturated rings. The Balaban J connectivity index is 2.00. The van der Waals surface area contributed by atoms with Gasteiger partial charge in [0.1, 0.15) is 0 Å². The molecule has 0 saturated carbocycles. The van der Waals surface area contributed by atoms with E-state index < -0.39 is 0 Å². The average Bonchev–Trinajstić information content (AvgIpc) is 2.37. The normalized spacial score (nSPS) is 28.5. The van der Waals surface area contributed by atoms with Crippen LogP contribution >= 0.6 is 0 Å². The number of hydrogen-bond donors (Lipinski definition) is 2. The van der Waals surface area contributed by atoms with Gasteiger partial charge in [-0.2, -0.15) is 0 Å². The number of unbranched alkanes of at least 4 members (excludes halogenated alkanes) is 6. The molecule has 0 aromatic carbocycles. The number of aliphatic hydroxyl groups is 2. The van der Waals surface area contributed by atoms with Crippen molar-refractivity contribution in [2.24, 2.45) is 0 Å². The second-order valence-electron chi connectivity index (χ2n) is 5.60. The summed E-state index contributed by atoms with van der Waals surface area (Å²) in [6.07, 6.45) is 11.2. The zero-order chi connectivity index (χ0) is 13.2. The Morgan fingerprint density at radius 2 is 1.56 bits per heavy atom. The van der Waals surface area contributed by atoms with E-state index in [0.717, 1.165) is 12.8 Å². The van der Waals surface area contributed by atoms with Gasteiger partial charge in [0.2, 0.25) is 0 Å². The molecule has 1 saturated heterocycles. The first-order chi connectivity index (χ1) is 8.76. The highest BCUT2D eigenvalue weighted by Gasteiger charge is 2.27. The maximum Gasteiger partial charge on any atom is 0.0834 e. The Hall–Kier alpha value is -0.120. The van der Waals surface area contributed by atoms with Crippen LogP contribution < -0.4 is 0 Å². The van der Waals surface area contributed by atoms with Gasteiger partial charge in [-0.05, 0) is 12.8 Å². The molecule has 18 heavy (non-hydrogen) atoms. The van der Waals surface area contributed by atoms with E-state index in [-0.39, 0.29) is 24.9 Å². The van der Waals surface area contributed by atoms with Crippen LogP contribution in [-0.4, -0.2) is 35.1 Å². The van der Waals surface area contributed by atoms with E-state index >= 15 is 0 Å². The molecular weight excluding hydrogens is 228 g/mol. The van der Waals surface area contributed by atoms with Gasteiger partial charge in [0.15, 0.2) is 0 Å². The van der Waals surface area contributed by atoms with Gasteiger partial charge >= 0.3 is 0 Å². The minimum absolute atomic E-state index is 0.0323. The van der Waals surface area contributed by atoms with Gasteiger partial charge in [-0.3, -0.25) is 0 Å². The maximum atomic E-state index is 9.69. The van der Waals surface area contributed by atoms with Crippen LogP contribution in [-0.2, 0) is 4.74 Å². The van der Waals surface area contributed by atoms with Crippen LogP contribution in [0, 0.1) is 0 Å². The first kappa shape index (κ1) is 15.9. The molecule has 0 bridgehead atoms. The fourth-order valence-corrected chi connectivity index (χ4v) is 2.72.